The number of aryl methyl sites for hydroxylation is 2. The lowest BCUT2D eigenvalue weighted by Gasteiger charge is -2.28. The summed E-state index contributed by atoms with van der Waals surface area (Å²) in [5, 5.41) is 17.4. The number of aromatic nitrogens is 5. The quantitative estimate of drug-likeness (QED) is 0.208. The summed E-state index contributed by atoms with van der Waals surface area (Å²) in [6, 6.07) is 15.5. The summed E-state index contributed by atoms with van der Waals surface area (Å²) >= 11 is 7.75. The highest BCUT2D eigenvalue weighted by Crippen LogP contribution is 2.45. The summed E-state index contributed by atoms with van der Waals surface area (Å²) in [6.07, 6.45) is 3.82. The van der Waals surface area contributed by atoms with E-state index in [0.717, 1.165) is 54.1 Å². The largest absolute Gasteiger partial charge is 0.479 e. The number of thiazole rings is 1. The highest BCUT2D eigenvalue weighted by atomic mass is 35.5. The molecule has 10 heteroatoms. The Labute approximate surface area is 251 Å². The smallest absolute Gasteiger partial charge is 0.337 e. The Morgan fingerprint density at radius 3 is 2.48 bits per heavy atom. The fourth-order valence-electron chi connectivity index (χ4n) is 5.17. The Morgan fingerprint density at radius 1 is 1.07 bits per heavy atom. The topological polar surface area (TPSA) is 103 Å². The maximum Gasteiger partial charge on any atom is 0.337 e. The predicted octanol–water partition coefficient (Wildman–Crippen LogP) is 7.88. The first-order chi connectivity index (χ1) is 20.0. The first kappa shape index (κ1) is 28.0. The van der Waals surface area contributed by atoms with E-state index in [1.807, 2.05) is 81.9 Å². The number of nitrogens with zero attached hydrogens (tertiary/aromatic N) is 5. The number of ether oxygens (including phenoxy) is 1. The minimum absolute atomic E-state index is 0.596. The van der Waals surface area contributed by atoms with E-state index >= 15 is 0 Å². The van der Waals surface area contributed by atoms with Gasteiger partial charge in [0.15, 0.2) is 6.10 Å². The van der Waals surface area contributed by atoms with Crippen LogP contribution in [0.4, 0.5) is 0 Å². The van der Waals surface area contributed by atoms with Crippen LogP contribution in [-0.2, 0) is 16.6 Å². The predicted molar refractivity (Wildman–Crippen MR) is 167 cm³/mol. The maximum absolute atomic E-state index is 12.6. The van der Waals surface area contributed by atoms with E-state index in [0.29, 0.717) is 16.3 Å². The first-order valence-corrected chi connectivity index (χ1v) is 14.5. The lowest BCUT2D eigenvalue weighted by molar-refractivity contribution is -0.160. The van der Waals surface area contributed by atoms with Gasteiger partial charge in [0.2, 0.25) is 0 Å². The summed E-state index contributed by atoms with van der Waals surface area (Å²) in [7, 11) is 1.90. The second kappa shape index (κ2) is 10.6. The molecule has 1 N–H and O–H groups in total. The molecule has 0 fully saturated rings. The van der Waals surface area contributed by atoms with E-state index < -0.39 is 17.7 Å². The van der Waals surface area contributed by atoms with Crippen LogP contribution in [0.3, 0.4) is 0 Å². The molecular formula is C32H28ClN5O3S. The van der Waals surface area contributed by atoms with Crippen LogP contribution in [0.2, 0.25) is 5.02 Å². The number of rotatable bonds is 6. The summed E-state index contributed by atoms with van der Waals surface area (Å²) in [4.78, 5) is 26.3. The molecule has 6 rings (SSSR count). The van der Waals surface area contributed by atoms with Crippen molar-refractivity contribution in [3.05, 3.63) is 83.3 Å². The van der Waals surface area contributed by atoms with Crippen molar-refractivity contribution in [1.82, 2.24) is 24.7 Å². The zero-order chi connectivity index (χ0) is 29.8. The number of aliphatic carboxylic acids is 1. The molecule has 0 aliphatic heterocycles. The van der Waals surface area contributed by atoms with E-state index in [-0.39, 0.29) is 0 Å². The van der Waals surface area contributed by atoms with E-state index in [2.05, 4.69) is 16.0 Å². The van der Waals surface area contributed by atoms with Gasteiger partial charge in [-0.3, -0.25) is 14.6 Å². The van der Waals surface area contributed by atoms with Gasteiger partial charge in [0.25, 0.3) is 0 Å². The van der Waals surface area contributed by atoms with Crippen molar-refractivity contribution in [1.29, 1.82) is 0 Å². The number of hydrogen-bond acceptors (Lipinski definition) is 7. The molecule has 0 radical (unpaired) electrons. The molecule has 42 heavy (non-hydrogen) atoms. The number of halogens is 1. The molecule has 1 unspecified atom stereocenters. The van der Waals surface area contributed by atoms with E-state index in [4.69, 9.17) is 26.4 Å². The van der Waals surface area contributed by atoms with Crippen LogP contribution in [-0.4, -0.2) is 41.4 Å². The molecule has 0 aliphatic rings. The van der Waals surface area contributed by atoms with Gasteiger partial charge in [-0.15, -0.1) is 11.3 Å². The van der Waals surface area contributed by atoms with Gasteiger partial charge in [-0.1, -0.05) is 23.7 Å². The normalized spacial score (nSPS) is 12.7. The molecule has 8 nitrogen and oxygen atoms in total. The van der Waals surface area contributed by atoms with Gasteiger partial charge < -0.3 is 9.84 Å². The zero-order valence-electron chi connectivity index (χ0n) is 23.7. The van der Waals surface area contributed by atoms with Gasteiger partial charge in [-0.25, -0.2) is 9.78 Å². The third-order valence-electron chi connectivity index (χ3n) is 6.92. The fourth-order valence-corrected chi connectivity index (χ4v) is 6.42. The Bertz CT molecular complexity index is 1960. The molecule has 0 spiro atoms. The van der Waals surface area contributed by atoms with Crippen LogP contribution in [0.25, 0.3) is 54.2 Å². The molecule has 3 aromatic carbocycles. The van der Waals surface area contributed by atoms with Gasteiger partial charge >= 0.3 is 5.97 Å². The Morgan fingerprint density at radius 2 is 1.81 bits per heavy atom. The van der Waals surface area contributed by atoms with E-state index in [9.17, 15) is 9.90 Å². The summed E-state index contributed by atoms with van der Waals surface area (Å²) in [5.74, 6) is -1.05. The van der Waals surface area contributed by atoms with Crippen LogP contribution in [0.5, 0.6) is 0 Å². The lowest BCUT2D eigenvalue weighted by Crippen LogP contribution is -2.28. The summed E-state index contributed by atoms with van der Waals surface area (Å²) in [6.45, 7) is 7.47. The average Bonchev–Trinajstić information content (AvgIpc) is 3.52. The fraction of sp³-hybridized carbons (Fsp3) is 0.219. The van der Waals surface area contributed by atoms with Gasteiger partial charge in [-0.05, 0) is 75.2 Å². The number of carbonyl (C=O) groups is 1. The van der Waals surface area contributed by atoms with E-state index in [1.54, 1.807) is 18.6 Å². The molecule has 0 saturated carbocycles. The Hall–Kier alpha value is -4.18. The van der Waals surface area contributed by atoms with Crippen LogP contribution in [0, 0.1) is 6.92 Å². The van der Waals surface area contributed by atoms with Crippen molar-refractivity contribution in [2.24, 2.45) is 7.05 Å². The van der Waals surface area contributed by atoms with Gasteiger partial charge in [-0.2, -0.15) is 5.10 Å². The highest BCUT2D eigenvalue weighted by Gasteiger charge is 2.32. The SMILES string of the molecule is Cc1cc2nc(-c3ccc4c(c3)c(-c3cnccn3)nn4C)sc2c(-c2ccc(Cl)cc2)c1C(OC(C)(C)C)C(=O)O. The summed E-state index contributed by atoms with van der Waals surface area (Å²) in [5.41, 5.74) is 6.43. The molecule has 0 saturated heterocycles. The average molecular weight is 598 g/mol. The molecule has 212 valence electrons. The number of benzene rings is 3. The van der Waals surface area contributed by atoms with Crippen LogP contribution in [0.15, 0.2) is 67.1 Å². The second-order valence-corrected chi connectivity index (χ2v) is 12.5. The molecule has 1 atom stereocenters. The van der Waals surface area contributed by atoms with Crippen LogP contribution in [0.1, 0.15) is 38.0 Å². The monoisotopic (exact) mass is 597 g/mol. The highest BCUT2D eigenvalue weighted by molar-refractivity contribution is 7.22. The number of fused-ring (bicyclic) bond motifs is 2. The van der Waals surface area contributed by atoms with Gasteiger partial charge in [0.1, 0.15) is 16.4 Å². The van der Waals surface area contributed by atoms with Crippen LogP contribution >= 0.6 is 22.9 Å². The van der Waals surface area contributed by atoms with Crippen molar-refractivity contribution >= 4 is 50.0 Å². The number of carboxylic acid groups (broad SMARTS) is 1. The van der Waals surface area contributed by atoms with E-state index in [1.165, 1.54) is 11.3 Å². The van der Waals surface area contributed by atoms with Gasteiger partial charge in [0.05, 0.1) is 27.5 Å². The third kappa shape index (κ3) is 5.15. The van der Waals surface area contributed by atoms with Crippen molar-refractivity contribution in [3.8, 4) is 33.1 Å². The zero-order valence-corrected chi connectivity index (χ0v) is 25.3. The molecule has 0 bridgehead atoms. The van der Waals surface area contributed by atoms with Crippen molar-refractivity contribution in [3.63, 3.8) is 0 Å². The molecule has 6 aromatic rings. The molecule has 3 aromatic heterocycles. The first-order valence-electron chi connectivity index (χ1n) is 13.3. The Kier molecular flexibility index (Phi) is 7.04. The molecule has 3 heterocycles. The number of hydrogen-bond donors (Lipinski definition) is 1. The second-order valence-electron chi connectivity index (χ2n) is 11.1. The van der Waals surface area contributed by atoms with Crippen molar-refractivity contribution in [2.45, 2.75) is 39.4 Å². The maximum atomic E-state index is 12.6. The number of carboxylic acids is 1. The van der Waals surface area contributed by atoms with Crippen LogP contribution < -0.4 is 0 Å². The van der Waals surface area contributed by atoms with Crippen molar-refractivity contribution < 1.29 is 14.6 Å². The molecule has 0 aliphatic carbocycles. The molecular weight excluding hydrogens is 570 g/mol. The summed E-state index contributed by atoms with van der Waals surface area (Å²) < 4.78 is 8.84. The standard InChI is InChI=1S/C32H28ClN5O3S/c1-17-14-22-29(26(18-6-9-20(33)10-7-18)25(17)28(31(39)40)41-32(2,3)4)42-30(36-22)19-8-11-24-21(15-19)27(37-38(24)5)23-16-34-12-13-35-23/h6-16,28H,1-5H3,(H,39,40). The third-order valence-corrected chi connectivity index (χ3v) is 8.31. The lowest BCUT2D eigenvalue weighted by atomic mass is 9.91. The minimum Gasteiger partial charge on any atom is -0.479 e. The molecule has 0 amide bonds. The van der Waals surface area contributed by atoms with Crippen molar-refractivity contribution in [2.75, 3.05) is 0 Å². The Balaban J connectivity index is 1.59. The minimum atomic E-state index is -1.17. The van der Waals surface area contributed by atoms with Gasteiger partial charge in [0, 0.05) is 46.5 Å².